The zero-order valence-electron chi connectivity index (χ0n) is 39.1. The highest BCUT2D eigenvalue weighted by atomic mass is 16.6. The minimum absolute atomic E-state index is 0.0364. The number of hydrogen-bond acceptors (Lipinski definition) is 7. The Hall–Kier alpha value is -4.39. The molecule has 0 aliphatic heterocycles. The molecule has 8 rings (SSSR count). The van der Waals surface area contributed by atoms with E-state index in [0.717, 1.165) is 52.6 Å². The molecule has 0 heterocycles. The van der Waals surface area contributed by atoms with Gasteiger partial charge in [-0.3, -0.25) is 9.59 Å². The van der Waals surface area contributed by atoms with E-state index in [1.54, 1.807) is 12.1 Å². The molecule has 0 saturated heterocycles. The van der Waals surface area contributed by atoms with Gasteiger partial charge in [0, 0.05) is 6.42 Å². The van der Waals surface area contributed by atoms with Gasteiger partial charge in [-0.05, 0) is 174 Å². The maximum Gasteiger partial charge on any atom is 0.339 e. The molecule has 332 valence electrons. The van der Waals surface area contributed by atoms with Crippen LogP contribution in [0.2, 0.25) is 0 Å². The van der Waals surface area contributed by atoms with Crippen molar-refractivity contribution in [1.29, 1.82) is 0 Å². The van der Waals surface area contributed by atoms with E-state index in [1.807, 2.05) is 109 Å². The molecule has 4 saturated carbocycles. The minimum Gasteiger partial charge on any atom is -0.508 e. The van der Waals surface area contributed by atoms with Crippen LogP contribution in [0.1, 0.15) is 162 Å². The molecule has 0 radical (unpaired) electrons. The molecule has 4 aliphatic rings. The lowest BCUT2D eigenvalue weighted by atomic mass is 9.49. The Morgan fingerprint density at radius 3 is 1.67 bits per heavy atom. The highest BCUT2D eigenvalue weighted by Gasteiger charge is 2.59. The van der Waals surface area contributed by atoms with Crippen molar-refractivity contribution in [3.05, 3.63) is 90.0 Å². The van der Waals surface area contributed by atoms with E-state index in [0.29, 0.717) is 41.9 Å². The summed E-state index contributed by atoms with van der Waals surface area (Å²) in [7, 11) is 0. The van der Waals surface area contributed by atoms with Crippen LogP contribution in [0.5, 0.6) is 5.75 Å². The molecule has 1 N–H and O–H groups in total. The molecule has 0 amide bonds. The number of carbonyl (C=O) groups excluding carboxylic acids is 3. The highest BCUT2D eigenvalue weighted by Crippen LogP contribution is 2.61. The van der Waals surface area contributed by atoms with E-state index in [-0.39, 0.29) is 35.5 Å². The fourth-order valence-corrected chi connectivity index (χ4v) is 9.57. The third-order valence-electron chi connectivity index (χ3n) is 14.6. The monoisotopic (exact) mass is 835 g/mol. The second-order valence-corrected chi connectivity index (χ2v) is 20.1. The second kappa shape index (κ2) is 19.8. The molecule has 4 aromatic rings. The molecule has 7 nitrogen and oxygen atoms in total. The number of benzene rings is 4. The van der Waals surface area contributed by atoms with Crippen molar-refractivity contribution in [3.8, 4) is 5.75 Å². The van der Waals surface area contributed by atoms with Crippen LogP contribution in [0.4, 0.5) is 0 Å². The van der Waals surface area contributed by atoms with Crippen LogP contribution < -0.4 is 0 Å². The van der Waals surface area contributed by atoms with Gasteiger partial charge in [-0.25, -0.2) is 4.79 Å². The number of ether oxygens (including phenoxy) is 3. The summed E-state index contributed by atoms with van der Waals surface area (Å²) in [6.45, 7) is 22.3. The lowest BCUT2D eigenvalue weighted by Crippen LogP contribution is -2.60. The molecule has 0 aromatic heterocycles. The summed E-state index contributed by atoms with van der Waals surface area (Å²) < 4.78 is 17.6. The number of hydrogen-bond donors (Lipinski definition) is 1. The molecule has 1 atom stereocenters. The first kappa shape index (κ1) is 47.7. The van der Waals surface area contributed by atoms with Crippen molar-refractivity contribution in [1.82, 2.24) is 0 Å². The van der Waals surface area contributed by atoms with Gasteiger partial charge in [0.05, 0.1) is 23.0 Å². The third kappa shape index (κ3) is 11.2. The summed E-state index contributed by atoms with van der Waals surface area (Å²) in [4.78, 5) is 38.1. The van der Waals surface area contributed by atoms with E-state index in [2.05, 4.69) is 33.8 Å². The maximum absolute atomic E-state index is 13.1. The normalized spacial score (nSPS) is 22.3. The molecule has 61 heavy (non-hydrogen) atoms. The lowest BCUT2D eigenvalue weighted by Gasteiger charge is -2.60. The summed E-state index contributed by atoms with van der Waals surface area (Å²) in [5.74, 6) is 3.51. The summed E-state index contributed by atoms with van der Waals surface area (Å²) in [5.41, 5.74) is 0.157. The molecular formula is C54H74O7. The fraction of sp³-hybridized carbons (Fsp3) is 0.574. The summed E-state index contributed by atoms with van der Waals surface area (Å²) in [6, 6.07) is 25.1. The van der Waals surface area contributed by atoms with Crippen LogP contribution in [0.25, 0.3) is 21.5 Å². The van der Waals surface area contributed by atoms with Crippen LogP contribution in [-0.4, -0.2) is 40.8 Å². The zero-order valence-corrected chi connectivity index (χ0v) is 39.1. The Bertz CT molecular complexity index is 2030. The van der Waals surface area contributed by atoms with Gasteiger partial charge in [0.2, 0.25) is 0 Å². The number of rotatable bonds is 13. The number of aromatic hydroxyl groups is 1. The summed E-state index contributed by atoms with van der Waals surface area (Å²) >= 11 is 0. The van der Waals surface area contributed by atoms with Gasteiger partial charge in [0.1, 0.15) is 17.0 Å². The van der Waals surface area contributed by atoms with Gasteiger partial charge in [0.25, 0.3) is 0 Å². The number of phenolic OH excluding ortho intramolecular Hbond substituents is 1. The van der Waals surface area contributed by atoms with E-state index >= 15 is 0 Å². The first-order valence-corrected chi connectivity index (χ1v) is 23.1. The predicted octanol–water partition coefficient (Wildman–Crippen LogP) is 13.8. The molecular weight excluding hydrogens is 761 g/mol. The van der Waals surface area contributed by atoms with Gasteiger partial charge in [0.15, 0.2) is 0 Å². The Labute approximate surface area is 366 Å². The largest absolute Gasteiger partial charge is 0.508 e. The summed E-state index contributed by atoms with van der Waals surface area (Å²) in [6.07, 6.45) is 10.8. The number of esters is 3. The first-order chi connectivity index (χ1) is 28.8. The average molecular weight is 835 g/mol. The Morgan fingerprint density at radius 2 is 1.20 bits per heavy atom. The molecule has 4 fully saturated rings. The Morgan fingerprint density at radius 1 is 0.705 bits per heavy atom. The van der Waals surface area contributed by atoms with Gasteiger partial charge in [-0.15, -0.1) is 0 Å². The number of phenols is 1. The predicted molar refractivity (Wildman–Crippen MR) is 248 cm³/mol. The van der Waals surface area contributed by atoms with Crippen LogP contribution in [-0.2, 0) is 23.8 Å². The maximum atomic E-state index is 13.1. The lowest BCUT2D eigenvalue weighted by molar-refractivity contribution is -0.218. The Balaban J connectivity index is 0.000000194. The standard InChI is InChI=1S/C26H30O4.C18H30O2.C10H14O/c1-6-25(2,3)24(28)30-26(4,5)15-16-29-23(27)22-20-13-9-7-11-18(20)17-19-12-8-10-14-21(19)22;1-5-17(3,4)16(19)20-18(6-2)14-8-12-7-13(10-14)11-15(18)9-12;1-3-8(2)9-4-6-10(11)7-5-9/h7-14,17H,6,15-16H2,1-5H3;12-15H,5-11H2,1-4H3;4-8,11H,3H2,1-2H3. The first-order valence-electron chi connectivity index (χ1n) is 23.1. The van der Waals surface area contributed by atoms with Crippen LogP contribution in [0.3, 0.4) is 0 Å². The van der Waals surface area contributed by atoms with E-state index < -0.39 is 11.0 Å². The van der Waals surface area contributed by atoms with E-state index in [4.69, 9.17) is 19.3 Å². The van der Waals surface area contributed by atoms with Crippen molar-refractivity contribution in [2.75, 3.05) is 6.61 Å². The van der Waals surface area contributed by atoms with Crippen molar-refractivity contribution < 1.29 is 33.7 Å². The topological polar surface area (TPSA) is 99.1 Å². The molecule has 4 aliphatic carbocycles. The van der Waals surface area contributed by atoms with Crippen molar-refractivity contribution in [2.24, 2.45) is 34.5 Å². The van der Waals surface area contributed by atoms with Crippen molar-refractivity contribution >= 4 is 39.5 Å². The van der Waals surface area contributed by atoms with Crippen LogP contribution >= 0.6 is 0 Å². The quantitative estimate of drug-likeness (QED) is 0.0813. The number of fused-ring (bicyclic) bond motifs is 2. The molecule has 1 unspecified atom stereocenters. The molecule has 7 heteroatoms. The highest BCUT2D eigenvalue weighted by molar-refractivity contribution is 6.16. The van der Waals surface area contributed by atoms with Gasteiger partial charge in [-0.2, -0.15) is 0 Å². The van der Waals surface area contributed by atoms with Crippen molar-refractivity contribution in [2.45, 2.75) is 157 Å². The Kier molecular flexibility index (Phi) is 15.4. The smallest absolute Gasteiger partial charge is 0.339 e. The molecule has 4 bridgehead atoms. The van der Waals surface area contributed by atoms with Gasteiger partial charge in [-0.1, -0.05) is 95.3 Å². The second-order valence-electron chi connectivity index (χ2n) is 20.1. The zero-order chi connectivity index (χ0) is 44.8. The minimum atomic E-state index is -0.718. The molecule has 0 spiro atoms. The SMILES string of the molecule is CCC(C)(C)C(=O)OC(C)(C)CCOC(=O)c1c2ccccc2cc2ccccc12.CCC(C)(C)C(=O)OC1(CC)C2CC3CC(C2)CC1C3.CCC(C)c1ccc(O)cc1. The average Bonchev–Trinajstić information content (AvgIpc) is 3.23. The van der Waals surface area contributed by atoms with Crippen molar-refractivity contribution in [3.63, 3.8) is 0 Å². The third-order valence-corrected chi connectivity index (χ3v) is 14.6. The van der Waals surface area contributed by atoms with Gasteiger partial charge >= 0.3 is 17.9 Å². The number of carbonyl (C=O) groups is 3. The van der Waals surface area contributed by atoms with Crippen LogP contribution in [0, 0.1) is 34.5 Å². The fourth-order valence-electron chi connectivity index (χ4n) is 9.57. The van der Waals surface area contributed by atoms with Crippen LogP contribution in [0.15, 0.2) is 78.9 Å². The molecule has 4 aromatic carbocycles. The van der Waals surface area contributed by atoms with E-state index in [1.165, 1.54) is 37.7 Å². The van der Waals surface area contributed by atoms with E-state index in [9.17, 15) is 14.4 Å². The summed E-state index contributed by atoms with van der Waals surface area (Å²) in [5, 5.41) is 12.8. The van der Waals surface area contributed by atoms with Gasteiger partial charge < -0.3 is 19.3 Å².